The highest BCUT2D eigenvalue weighted by molar-refractivity contribution is 7.80. The van der Waals surface area contributed by atoms with Crippen molar-refractivity contribution in [1.29, 1.82) is 0 Å². The first kappa shape index (κ1) is 20.9. The van der Waals surface area contributed by atoms with Crippen molar-refractivity contribution in [3.05, 3.63) is 76.5 Å². The maximum atomic E-state index is 12.1. The number of amides is 1. The molecule has 8 heteroatoms. The van der Waals surface area contributed by atoms with Gasteiger partial charge in [-0.05, 0) is 72.9 Å². The second-order valence-corrected chi connectivity index (χ2v) is 7.15. The zero-order valence-corrected chi connectivity index (χ0v) is 17.6. The van der Waals surface area contributed by atoms with Gasteiger partial charge in [0.1, 0.15) is 17.3 Å². The molecule has 0 unspecified atom stereocenters. The number of furan rings is 1. The SMILES string of the molecule is COc1ccc(NC(=S)NC(=O)/C=C/c2ccc(-c3cc(Cl)cc(Cl)c3)o2)cc1. The molecule has 1 heterocycles. The summed E-state index contributed by atoms with van der Waals surface area (Å²) in [5.41, 5.74) is 1.48. The van der Waals surface area contributed by atoms with E-state index in [0.717, 1.165) is 17.0 Å². The van der Waals surface area contributed by atoms with Crippen LogP contribution in [0.3, 0.4) is 0 Å². The van der Waals surface area contributed by atoms with Gasteiger partial charge in [0, 0.05) is 27.4 Å². The van der Waals surface area contributed by atoms with Gasteiger partial charge in [0.2, 0.25) is 5.91 Å². The van der Waals surface area contributed by atoms with Crippen molar-refractivity contribution in [1.82, 2.24) is 5.32 Å². The zero-order chi connectivity index (χ0) is 20.8. The van der Waals surface area contributed by atoms with Crippen LogP contribution >= 0.6 is 35.4 Å². The van der Waals surface area contributed by atoms with Crippen molar-refractivity contribution < 1.29 is 13.9 Å². The minimum Gasteiger partial charge on any atom is -0.497 e. The van der Waals surface area contributed by atoms with E-state index in [2.05, 4.69) is 10.6 Å². The fraction of sp³-hybridized carbons (Fsp3) is 0.0476. The van der Waals surface area contributed by atoms with E-state index in [1.54, 1.807) is 67.8 Å². The molecule has 1 amide bonds. The summed E-state index contributed by atoms with van der Waals surface area (Å²) in [7, 11) is 1.59. The van der Waals surface area contributed by atoms with Gasteiger partial charge in [-0.1, -0.05) is 23.2 Å². The Morgan fingerprint density at radius 2 is 1.76 bits per heavy atom. The number of rotatable bonds is 5. The second kappa shape index (κ2) is 9.60. The third-order valence-corrected chi connectivity index (χ3v) is 4.40. The molecule has 0 aliphatic carbocycles. The van der Waals surface area contributed by atoms with Gasteiger partial charge in [0.25, 0.3) is 0 Å². The van der Waals surface area contributed by atoms with Crippen molar-refractivity contribution in [2.75, 3.05) is 12.4 Å². The van der Waals surface area contributed by atoms with Crippen molar-refractivity contribution in [2.45, 2.75) is 0 Å². The summed E-state index contributed by atoms with van der Waals surface area (Å²) in [6, 6.07) is 15.8. The van der Waals surface area contributed by atoms with Crippen LogP contribution in [-0.4, -0.2) is 18.1 Å². The lowest BCUT2D eigenvalue weighted by Gasteiger charge is -2.08. The minimum absolute atomic E-state index is 0.179. The van der Waals surface area contributed by atoms with E-state index >= 15 is 0 Å². The molecule has 0 bridgehead atoms. The van der Waals surface area contributed by atoms with Gasteiger partial charge >= 0.3 is 0 Å². The third kappa shape index (κ3) is 6.09. The van der Waals surface area contributed by atoms with E-state index in [1.165, 1.54) is 6.08 Å². The van der Waals surface area contributed by atoms with Gasteiger partial charge < -0.3 is 14.5 Å². The number of carbonyl (C=O) groups excluding carboxylic acids is 1. The molecule has 148 valence electrons. The molecular weight excluding hydrogens is 431 g/mol. The molecule has 3 aromatic rings. The van der Waals surface area contributed by atoms with E-state index in [4.69, 9.17) is 44.6 Å². The van der Waals surface area contributed by atoms with Crippen LogP contribution in [0.4, 0.5) is 5.69 Å². The van der Waals surface area contributed by atoms with Crippen molar-refractivity contribution in [3.63, 3.8) is 0 Å². The average Bonchev–Trinajstić information content (AvgIpc) is 3.15. The maximum Gasteiger partial charge on any atom is 0.250 e. The highest BCUT2D eigenvalue weighted by Crippen LogP contribution is 2.28. The molecule has 0 fully saturated rings. The fourth-order valence-corrected chi connectivity index (χ4v) is 3.19. The number of anilines is 1. The first-order chi connectivity index (χ1) is 13.9. The van der Waals surface area contributed by atoms with Crippen LogP contribution in [0.1, 0.15) is 5.76 Å². The molecule has 2 aromatic carbocycles. The van der Waals surface area contributed by atoms with Crippen LogP contribution in [0.25, 0.3) is 17.4 Å². The highest BCUT2D eigenvalue weighted by Gasteiger charge is 2.07. The summed E-state index contributed by atoms with van der Waals surface area (Å²) in [4.78, 5) is 12.1. The number of hydrogen-bond acceptors (Lipinski definition) is 4. The van der Waals surface area contributed by atoms with Crippen molar-refractivity contribution >= 4 is 58.2 Å². The van der Waals surface area contributed by atoms with Gasteiger partial charge in [0.15, 0.2) is 5.11 Å². The Morgan fingerprint density at radius 3 is 2.41 bits per heavy atom. The standard InChI is InChI=1S/C21H16Cl2N2O3S/c1-27-17-4-2-16(3-5-17)24-21(29)25-20(26)9-7-18-6-8-19(28-18)13-10-14(22)12-15(23)11-13/h2-12H,1H3,(H2,24,25,26,29)/b9-7+. The first-order valence-corrected chi connectivity index (χ1v) is 9.60. The largest absolute Gasteiger partial charge is 0.497 e. The van der Waals surface area contributed by atoms with Crippen LogP contribution in [0.15, 0.2) is 65.1 Å². The number of nitrogens with one attached hydrogen (secondary N) is 2. The molecule has 0 radical (unpaired) electrons. The van der Waals surface area contributed by atoms with Crippen LogP contribution in [0, 0.1) is 0 Å². The number of ether oxygens (including phenoxy) is 1. The lowest BCUT2D eigenvalue weighted by Crippen LogP contribution is -2.32. The van der Waals surface area contributed by atoms with Gasteiger partial charge in [-0.25, -0.2) is 0 Å². The molecule has 0 saturated heterocycles. The molecule has 0 aliphatic heterocycles. The number of hydrogen-bond donors (Lipinski definition) is 2. The quantitative estimate of drug-likeness (QED) is 0.383. The van der Waals surface area contributed by atoms with Gasteiger partial charge in [-0.2, -0.15) is 0 Å². The Balaban J connectivity index is 1.57. The maximum absolute atomic E-state index is 12.1. The van der Waals surface area contributed by atoms with Gasteiger partial charge in [0.05, 0.1) is 7.11 Å². The molecule has 5 nitrogen and oxygen atoms in total. The zero-order valence-electron chi connectivity index (χ0n) is 15.2. The number of methoxy groups -OCH3 is 1. The van der Waals surface area contributed by atoms with Crippen LogP contribution < -0.4 is 15.4 Å². The Bertz CT molecular complexity index is 1040. The van der Waals surface area contributed by atoms with Gasteiger partial charge in [-0.3, -0.25) is 10.1 Å². The molecule has 1 aromatic heterocycles. The van der Waals surface area contributed by atoms with E-state index in [9.17, 15) is 4.79 Å². The lowest BCUT2D eigenvalue weighted by molar-refractivity contribution is -0.115. The number of thiocarbonyl (C=S) groups is 1. The van der Waals surface area contributed by atoms with Crippen molar-refractivity contribution in [3.8, 4) is 17.1 Å². The second-order valence-electron chi connectivity index (χ2n) is 5.87. The van der Waals surface area contributed by atoms with Crippen LogP contribution in [-0.2, 0) is 4.79 Å². The normalized spacial score (nSPS) is 10.7. The Hall–Kier alpha value is -2.80. The Kier molecular flexibility index (Phi) is 6.93. The predicted molar refractivity (Wildman–Crippen MR) is 121 cm³/mol. The minimum atomic E-state index is -0.389. The fourth-order valence-electron chi connectivity index (χ4n) is 2.44. The number of benzene rings is 2. The van der Waals surface area contributed by atoms with E-state index in [-0.39, 0.29) is 11.0 Å². The monoisotopic (exact) mass is 446 g/mol. The molecule has 3 rings (SSSR count). The van der Waals surface area contributed by atoms with Crippen molar-refractivity contribution in [2.24, 2.45) is 0 Å². The predicted octanol–water partition coefficient (Wildman–Crippen LogP) is 5.79. The number of halogens is 2. The Morgan fingerprint density at radius 1 is 1.07 bits per heavy atom. The first-order valence-electron chi connectivity index (χ1n) is 8.43. The average molecular weight is 447 g/mol. The summed E-state index contributed by atoms with van der Waals surface area (Å²) in [6.07, 6.45) is 2.87. The molecule has 0 spiro atoms. The Labute approximate surface area is 183 Å². The van der Waals surface area contributed by atoms with E-state index < -0.39 is 0 Å². The molecular formula is C21H16Cl2N2O3S. The third-order valence-electron chi connectivity index (χ3n) is 3.76. The summed E-state index contributed by atoms with van der Waals surface area (Å²) in [5, 5.41) is 6.69. The molecule has 29 heavy (non-hydrogen) atoms. The summed E-state index contributed by atoms with van der Waals surface area (Å²) in [6.45, 7) is 0. The van der Waals surface area contributed by atoms with E-state index in [1.807, 2.05) is 0 Å². The molecule has 0 atom stereocenters. The molecule has 2 N–H and O–H groups in total. The summed E-state index contributed by atoms with van der Waals surface area (Å²) < 4.78 is 10.8. The summed E-state index contributed by atoms with van der Waals surface area (Å²) in [5.74, 6) is 1.43. The molecule has 0 aliphatic rings. The smallest absolute Gasteiger partial charge is 0.250 e. The number of carbonyl (C=O) groups is 1. The van der Waals surface area contributed by atoms with Gasteiger partial charge in [-0.15, -0.1) is 0 Å². The molecule has 0 saturated carbocycles. The van der Waals surface area contributed by atoms with Crippen LogP contribution in [0.5, 0.6) is 5.75 Å². The summed E-state index contributed by atoms with van der Waals surface area (Å²) >= 11 is 17.2. The topological polar surface area (TPSA) is 63.5 Å². The highest BCUT2D eigenvalue weighted by atomic mass is 35.5. The van der Waals surface area contributed by atoms with Crippen LogP contribution in [0.2, 0.25) is 10.0 Å². The van der Waals surface area contributed by atoms with E-state index in [0.29, 0.717) is 21.6 Å². The lowest BCUT2D eigenvalue weighted by atomic mass is 10.2.